The van der Waals surface area contributed by atoms with Crippen molar-refractivity contribution in [3.8, 4) is 0 Å². The molecule has 0 radical (unpaired) electrons. The number of aromatic nitrogens is 1. The lowest BCUT2D eigenvalue weighted by Crippen LogP contribution is -2.57. The summed E-state index contributed by atoms with van der Waals surface area (Å²) in [4.78, 5) is 71.3. The zero-order valence-corrected chi connectivity index (χ0v) is 31.7. The Kier molecular flexibility index (Phi) is 14.9. The van der Waals surface area contributed by atoms with Gasteiger partial charge in [0.2, 0.25) is 11.8 Å². The van der Waals surface area contributed by atoms with Crippen LogP contribution in [0.3, 0.4) is 0 Å². The van der Waals surface area contributed by atoms with Gasteiger partial charge in [0.05, 0.1) is 11.6 Å². The zero-order valence-electron chi connectivity index (χ0n) is 31.7. The van der Waals surface area contributed by atoms with E-state index in [9.17, 15) is 24.0 Å². The minimum Gasteiger partial charge on any atom is -0.454 e. The molecule has 5 rings (SSSR count). The van der Waals surface area contributed by atoms with Gasteiger partial charge in [0.15, 0.2) is 12.4 Å². The van der Waals surface area contributed by atoms with E-state index in [1.165, 1.54) is 0 Å². The van der Waals surface area contributed by atoms with Gasteiger partial charge in [0.25, 0.3) is 0 Å². The number of esters is 1. The van der Waals surface area contributed by atoms with Crippen LogP contribution in [0.1, 0.15) is 57.4 Å². The highest BCUT2D eigenvalue weighted by Crippen LogP contribution is 2.20. The van der Waals surface area contributed by atoms with E-state index in [1.807, 2.05) is 91.0 Å². The van der Waals surface area contributed by atoms with Crippen LogP contribution >= 0.6 is 0 Å². The molecule has 1 aromatic heterocycles. The number of nitrogens with one attached hydrogen (secondary N) is 4. The fourth-order valence-corrected chi connectivity index (χ4v) is 6.49. The number of unbranched alkanes of at least 4 members (excludes halogenated alkanes) is 1. The molecule has 292 valence electrons. The minimum atomic E-state index is -1.15. The molecular weight excluding hydrogens is 711 g/mol. The molecule has 56 heavy (non-hydrogen) atoms. The zero-order chi connectivity index (χ0) is 39.9. The number of para-hydroxylation sites is 1. The molecule has 0 aliphatic carbocycles. The van der Waals surface area contributed by atoms with Gasteiger partial charge in [-0.15, -0.1) is 0 Å². The first-order valence-corrected chi connectivity index (χ1v) is 18.8. The third-order valence-corrected chi connectivity index (χ3v) is 9.52. The van der Waals surface area contributed by atoms with E-state index in [1.54, 1.807) is 32.2 Å². The third-order valence-electron chi connectivity index (χ3n) is 9.52. The summed E-state index contributed by atoms with van der Waals surface area (Å²) < 4.78 is 10.9. The van der Waals surface area contributed by atoms with Gasteiger partial charge in [0.1, 0.15) is 18.7 Å². The summed E-state index contributed by atoms with van der Waals surface area (Å²) in [5, 5.41) is 9.26. The monoisotopic (exact) mass is 759 g/mol. The highest BCUT2D eigenvalue weighted by Gasteiger charge is 2.31. The van der Waals surface area contributed by atoms with E-state index in [0.29, 0.717) is 24.9 Å². The average molecular weight is 760 g/mol. The number of hydrogen-bond acceptors (Lipinski definition) is 8. The van der Waals surface area contributed by atoms with E-state index in [-0.39, 0.29) is 25.9 Å². The van der Waals surface area contributed by atoms with E-state index in [2.05, 4.69) is 20.9 Å². The van der Waals surface area contributed by atoms with Gasteiger partial charge in [-0.05, 0) is 73.5 Å². The topological polar surface area (TPSA) is 182 Å². The molecule has 0 bridgehead atoms. The molecule has 5 aromatic rings. The van der Waals surface area contributed by atoms with Crippen molar-refractivity contribution in [3.63, 3.8) is 0 Å². The molecule has 3 unspecified atom stereocenters. The number of ketones is 1. The first-order valence-electron chi connectivity index (χ1n) is 18.8. The van der Waals surface area contributed by atoms with Crippen LogP contribution < -0.4 is 21.7 Å². The molecule has 0 aliphatic heterocycles. The maximum Gasteiger partial charge on any atom is 0.408 e. The summed E-state index contributed by atoms with van der Waals surface area (Å²) in [7, 11) is 0. The minimum absolute atomic E-state index is 0.00736. The van der Waals surface area contributed by atoms with E-state index < -0.39 is 54.4 Å². The Morgan fingerprint density at radius 2 is 1.27 bits per heavy atom. The first-order chi connectivity index (χ1) is 27.1. The Morgan fingerprint density at radius 3 is 1.95 bits per heavy atom. The third kappa shape index (κ3) is 11.6. The van der Waals surface area contributed by atoms with Gasteiger partial charge in [-0.1, -0.05) is 97.1 Å². The number of alkyl carbamates (subject to hydrolysis) is 1. The standard InChI is InChI=1S/C44H49N5O7/c1-29-14-13-15-30(2)40(29)43(53)55-28-39(50)36(22-11-12-23-45)47-41(51)37(24-31-16-5-3-6-17-31)48-42(52)38(25-33-26-46-35-21-10-9-20-34(33)35)49-44(54)56-27-32-18-7-4-8-19-32/h3-10,13-21,26,36-38,46H,11-12,22-25,27-28,45H2,1-2H3,(H,47,51)(H,48,52)(H,49,54). The number of ether oxygens (including phenoxy) is 2. The van der Waals surface area contributed by atoms with Crippen LogP contribution in [0.4, 0.5) is 4.79 Å². The Morgan fingerprint density at radius 1 is 0.661 bits per heavy atom. The van der Waals surface area contributed by atoms with Gasteiger partial charge in [-0.3, -0.25) is 14.4 Å². The fourth-order valence-electron chi connectivity index (χ4n) is 6.49. The first kappa shape index (κ1) is 40.9. The number of aryl methyl sites for hydroxylation is 2. The molecule has 6 N–H and O–H groups in total. The highest BCUT2D eigenvalue weighted by atomic mass is 16.5. The fraction of sp³-hybridized carbons (Fsp3) is 0.295. The number of hydrogen-bond donors (Lipinski definition) is 5. The number of carbonyl (C=O) groups is 5. The van der Waals surface area contributed by atoms with E-state index >= 15 is 0 Å². The van der Waals surface area contributed by atoms with Crippen LogP contribution in [0.2, 0.25) is 0 Å². The predicted molar refractivity (Wildman–Crippen MR) is 214 cm³/mol. The quantitative estimate of drug-likeness (QED) is 0.0549. The number of aromatic amines is 1. The van der Waals surface area contributed by atoms with Crippen LogP contribution in [0, 0.1) is 13.8 Å². The lowest BCUT2D eigenvalue weighted by atomic mass is 10.0. The Labute approximate surface area is 326 Å². The largest absolute Gasteiger partial charge is 0.454 e. The number of amides is 3. The number of Topliss-reactive ketones (excluding diaryl/α,β-unsaturated/α-hetero) is 1. The number of nitrogens with two attached hydrogens (primary N) is 1. The van der Waals surface area contributed by atoms with Gasteiger partial charge >= 0.3 is 12.1 Å². The molecule has 12 heteroatoms. The Balaban J connectivity index is 1.35. The molecule has 1 heterocycles. The molecule has 0 aliphatic rings. The molecule has 0 saturated carbocycles. The van der Waals surface area contributed by atoms with Crippen molar-refractivity contribution < 1.29 is 33.4 Å². The summed E-state index contributed by atoms with van der Waals surface area (Å²) in [6.45, 7) is 3.40. The number of carbonyl (C=O) groups excluding carboxylic acids is 5. The smallest absolute Gasteiger partial charge is 0.408 e. The summed E-state index contributed by atoms with van der Waals surface area (Å²) in [5.41, 5.74) is 10.7. The van der Waals surface area contributed by atoms with E-state index in [0.717, 1.165) is 38.7 Å². The second-order valence-corrected chi connectivity index (χ2v) is 13.7. The molecule has 0 saturated heterocycles. The Bertz CT molecular complexity index is 2080. The van der Waals surface area contributed by atoms with Crippen LogP contribution in [0.5, 0.6) is 0 Å². The molecule has 4 aromatic carbocycles. The Hall–Kier alpha value is -6.27. The molecular formula is C44H49N5O7. The molecule has 0 fully saturated rings. The maximum absolute atomic E-state index is 14.2. The average Bonchev–Trinajstić information content (AvgIpc) is 3.61. The SMILES string of the molecule is Cc1cccc(C)c1C(=O)OCC(=O)C(CCCCN)NC(=O)C(Cc1ccccc1)NC(=O)C(Cc1c[nH]c2ccccc12)NC(=O)OCc1ccccc1. The van der Waals surface area contributed by atoms with Crippen molar-refractivity contribution in [2.75, 3.05) is 13.2 Å². The number of fused-ring (bicyclic) bond motifs is 1. The van der Waals surface area contributed by atoms with Crippen molar-refractivity contribution in [2.45, 2.75) is 70.7 Å². The molecule has 0 spiro atoms. The maximum atomic E-state index is 14.2. The van der Waals surface area contributed by atoms with Crippen molar-refractivity contribution >= 4 is 40.6 Å². The van der Waals surface area contributed by atoms with Crippen LogP contribution in [0.15, 0.2) is 109 Å². The van der Waals surface area contributed by atoms with Crippen molar-refractivity contribution in [2.24, 2.45) is 5.73 Å². The second kappa shape index (κ2) is 20.4. The lowest BCUT2D eigenvalue weighted by Gasteiger charge is -2.25. The molecule has 12 nitrogen and oxygen atoms in total. The van der Waals surface area contributed by atoms with Gasteiger partial charge < -0.3 is 36.1 Å². The summed E-state index contributed by atoms with van der Waals surface area (Å²) >= 11 is 0. The summed E-state index contributed by atoms with van der Waals surface area (Å²) in [6, 6.07) is 28.0. The number of benzene rings is 4. The van der Waals surface area contributed by atoms with Crippen LogP contribution in [-0.2, 0) is 43.3 Å². The number of rotatable bonds is 19. The lowest BCUT2D eigenvalue weighted by molar-refractivity contribution is -0.133. The molecule has 3 amide bonds. The number of H-pyrrole nitrogens is 1. The van der Waals surface area contributed by atoms with Gasteiger partial charge in [-0.2, -0.15) is 0 Å². The summed E-state index contributed by atoms with van der Waals surface area (Å²) in [5.74, 6) is -2.38. The normalized spacial score (nSPS) is 12.6. The van der Waals surface area contributed by atoms with E-state index in [4.69, 9.17) is 15.2 Å². The second-order valence-electron chi connectivity index (χ2n) is 13.7. The van der Waals surface area contributed by atoms with Crippen LogP contribution in [0.25, 0.3) is 10.9 Å². The van der Waals surface area contributed by atoms with Gasteiger partial charge in [-0.25, -0.2) is 9.59 Å². The van der Waals surface area contributed by atoms with Crippen LogP contribution in [-0.4, -0.2) is 65.9 Å². The highest BCUT2D eigenvalue weighted by molar-refractivity contribution is 5.97. The van der Waals surface area contributed by atoms with Crippen molar-refractivity contribution in [1.82, 2.24) is 20.9 Å². The van der Waals surface area contributed by atoms with Crippen molar-refractivity contribution in [3.05, 3.63) is 143 Å². The molecule has 3 atom stereocenters. The summed E-state index contributed by atoms with van der Waals surface area (Å²) in [6.07, 6.45) is 2.51. The van der Waals surface area contributed by atoms with Gasteiger partial charge in [0, 0.05) is 29.9 Å². The van der Waals surface area contributed by atoms with Crippen molar-refractivity contribution in [1.29, 1.82) is 0 Å². The predicted octanol–water partition coefficient (Wildman–Crippen LogP) is 5.39.